The zero-order valence-electron chi connectivity index (χ0n) is 9.96. The Morgan fingerprint density at radius 3 is 2.71 bits per heavy atom. The van der Waals surface area contributed by atoms with Crippen molar-refractivity contribution in [1.29, 1.82) is 0 Å². The summed E-state index contributed by atoms with van der Waals surface area (Å²) in [6, 6.07) is 3.42. The molecule has 0 unspecified atom stereocenters. The molecule has 0 aliphatic carbocycles. The normalized spacial score (nSPS) is 11.3. The van der Waals surface area contributed by atoms with Crippen LogP contribution in [-0.4, -0.2) is 24.1 Å². The number of phenolic OH excluding ortho intramolecular Hbond substituents is 1. The Morgan fingerprint density at radius 2 is 2.18 bits per heavy atom. The van der Waals surface area contributed by atoms with Crippen molar-refractivity contribution in [2.24, 2.45) is 11.1 Å². The predicted molar refractivity (Wildman–Crippen MR) is 63.2 cm³/mol. The molecule has 1 aromatic carbocycles. The number of nitrogens with two attached hydrogens (primary N) is 1. The highest BCUT2D eigenvalue weighted by Gasteiger charge is 2.18. The van der Waals surface area contributed by atoms with Crippen molar-refractivity contribution in [2.45, 2.75) is 13.8 Å². The molecule has 0 heterocycles. The molecule has 0 atom stereocenters. The van der Waals surface area contributed by atoms with Crippen LogP contribution in [0.5, 0.6) is 5.75 Å². The lowest BCUT2D eigenvalue weighted by molar-refractivity contribution is 0.0934. The molecular weight excluding hydrogens is 223 g/mol. The predicted octanol–water partition coefficient (Wildman–Crippen LogP) is 1.25. The third-order valence-electron chi connectivity index (χ3n) is 2.48. The SMILES string of the molecule is CC(C)(CN)CNC(=O)c1ccc(O)cc1F. The summed E-state index contributed by atoms with van der Waals surface area (Å²) >= 11 is 0. The first kappa shape index (κ1) is 13.4. The van der Waals surface area contributed by atoms with E-state index in [1.165, 1.54) is 12.1 Å². The van der Waals surface area contributed by atoms with Crippen LogP contribution >= 0.6 is 0 Å². The number of halogens is 1. The Morgan fingerprint density at radius 1 is 1.53 bits per heavy atom. The summed E-state index contributed by atoms with van der Waals surface area (Å²) in [6.07, 6.45) is 0. The number of benzene rings is 1. The number of hydrogen-bond acceptors (Lipinski definition) is 3. The Balaban J connectivity index is 2.71. The van der Waals surface area contributed by atoms with E-state index in [2.05, 4.69) is 5.32 Å². The van der Waals surface area contributed by atoms with Crippen LogP contribution in [0.2, 0.25) is 0 Å². The first-order chi connectivity index (χ1) is 7.85. The van der Waals surface area contributed by atoms with Crippen molar-refractivity contribution in [3.8, 4) is 5.75 Å². The summed E-state index contributed by atoms with van der Waals surface area (Å²) in [6.45, 7) is 4.59. The molecule has 4 N–H and O–H groups in total. The highest BCUT2D eigenvalue weighted by molar-refractivity contribution is 5.94. The molecule has 0 radical (unpaired) electrons. The fourth-order valence-electron chi connectivity index (χ4n) is 1.18. The van der Waals surface area contributed by atoms with Crippen molar-refractivity contribution in [2.75, 3.05) is 13.1 Å². The van der Waals surface area contributed by atoms with E-state index in [1.807, 2.05) is 13.8 Å². The fourth-order valence-corrected chi connectivity index (χ4v) is 1.18. The van der Waals surface area contributed by atoms with E-state index < -0.39 is 11.7 Å². The average Bonchev–Trinajstić information content (AvgIpc) is 2.26. The van der Waals surface area contributed by atoms with Gasteiger partial charge in [-0.2, -0.15) is 0 Å². The first-order valence-electron chi connectivity index (χ1n) is 5.32. The van der Waals surface area contributed by atoms with Crippen molar-refractivity contribution in [3.05, 3.63) is 29.6 Å². The van der Waals surface area contributed by atoms with Crippen molar-refractivity contribution >= 4 is 5.91 Å². The van der Waals surface area contributed by atoms with Crippen LogP contribution in [0.3, 0.4) is 0 Å². The number of amides is 1. The number of hydrogen-bond donors (Lipinski definition) is 3. The Hall–Kier alpha value is -1.62. The molecule has 0 aromatic heterocycles. The van der Waals surface area contributed by atoms with Crippen LogP contribution in [-0.2, 0) is 0 Å². The molecule has 1 amide bonds. The maximum atomic E-state index is 13.4. The van der Waals surface area contributed by atoms with E-state index in [9.17, 15) is 9.18 Å². The third kappa shape index (κ3) is 3.71. The molecule has 0 saturated carbocycles. The zero-order chi connectivity index (χ0) is 13.1. The van der Waals surface area contributed by atoms with Crippen LogP contribution in [0.25, 0.3) is 0 Å². The summed E-state index contributed by atoms with van der Waals surface area (Å²) in [5.41, 5.74) is 5.20. The maximum absolute atomic E-state index is 13.4. The van der Waals surface area contributed by atoms with Crippen LogP contribution in [0.4, 0.5) is 4.39 Å². The summed E-state index contributed by atoms with van der Waals surface area (Å²) < 4.78 is 13.4. The van der Waals surface area contributed by atoms with E-state index in [0.29, 0.717) is 13.1 Å². The van der Waals surface area contributed by atoms with Crippen LogP contribution in [0, 0.1) is 11.2 Å². The number of phenols is 1. The number of aromatic hydroxyl groups is 1. The second kappa shape index (κ2) is 5.14. The number of carbonyl (C=O) groups excluding carboxylic acids is 1. The van der Waals surface area contributed by atoms with Gasteiger partial charge in [0.1, 0.15) is 11.6 Å². The lowest BCUT2D eigenvalue weighted by Crippen LogP contribution is -2.38. The van der Waals surface area contributed by atoms with Gasteiger partial charge in [0.15, 0.2) is 0 Å². The number of carbonyl (C=O) groups is 1. The van der Waals surface area contributed by atoms with Gasteiger partial charge in [-0.05, 0) is 24.1 Å². The molecular formula is C12H17FN2O2. The minimum absolute atomic E-state index is 0.0874. The molecule has 1 rings (SSSR count). The molecule has 0 fully saturated rings. The van der Waals surface area contributed by atoms with E-state index in [4.69, 9.17) is 10.8 Å². The van der Waals surface area contributed by atoms with Gasteiger partial charge in [-0.3, -0.25) is 4.79 Å². The van der Waals surface area contributed by atoms with E-state index >= 15 is 0 Å². The van der Waals surface area contributed by atoms with Gasteiger partial charge in [0.25, 0.3) is 5.91 Å². The highest BCUT2D eigenvalue weighted by Crippen LogP contribution is 2.16. The van der Waals surface area contributed by atoms with Gasteiger partial charge in [0, 0.05) is 12.6 Å². The molecule has 5 heteroatoms. The summed E-state index contributed by atoms with van der Waals surface area (Å²) in [5, 5.41) is 11.6. The van der Waals surface area contributed by atoms with E-state index in [-0.39, 0.29) is 16.7 Å². The zero-order valence-corrected chi connectivity index (χ0v) is 9.96. The topological polar surface area (TPSA) is 75.3 Å². The largest absolute Gasteiger partial charge is 0.508 e. The quantitative estimate of drug-likeness (QED) is 0.741. The first-order valence-corrected chi connectivity index (χ1v) is 5.32. The lowest BCUT2D eigenvalue weighted by atomic mass is 9.94. The van der Waals surface area contributed by atoms with Crippen molar-refractivity contribution < 1.29 is 14.3 Å². The molecule has 4 nitrogen and oxygen atoms in total. The average molecular weight is 240 g/mol. The van der Waals surface area contributed by atoms with Gasteiger partial charge in [-0.1, -0.05) is 13.8 Å². The van der Waals surface area contributed by atoms with Crippen LogP contribution in [0.15, 0.2) is 18.2 Å². The van der Waals surface area contributed by atoms with Gasteiger partial charge in [-0.25, -0.2) is 4.39 Å². The van der Waals surface area contributed by atoms with Gasteiger partial charge >= 0.3 is 0 Å². The van der Waals surface area contributed by atoms with Gasteiger partial charge in [0.05, 0.1) is 5.56 Å². The second-order valence-corrected chi connectivity index (χ2v) is 4.72. The summed E-state index contributed by atoms with van der Waals surface area (Å²) in [7, 11) is 0. The van der Waals surface area contributed by atoms with Crippen molar-refractivity contribution in [3.63, 3.8) is 0 Å². The Labute approximate surface area is 99.6 Å². The standard InChI is InChI=1S/C12H17FN2O2/c1-12(2,6-14)7-15-11(17)9-4-3-8(16)5-10(9)13/h3-5,16H,6-7,14H2,1-2H3,(H,15,17). The third-order valence-corrected chi connectivity index (χ3v) is 2.48. The molecule has 94 valence electrons. The van der Waals surface area contributed by atoms with Gasteiger partial charge in [-0.15, -0.1) is 0 Å². The second-order valence-electron chi connectivity index (χ2n) is 4.72. The summed E-state index contributed by atoms with van der Waals surface area (Å²) in [5.74, 6) is -1.46. The Bertz CT molecular complexity index is 419. The number of nitrogens with one attached hydrogen (secondary N) is 1. The van der Waals surface area contributed by atoms with E-state index in [0.717, 1.165) is 6.07 Å². The van der Waals surface area contributed by atoms with Gasteiger partial charge < -0.3 is 16.2 Å². The molecule has 0 spiro atoms. The molecule has 0 aliphatic rings. The minimum Gasteiger partial charge on any atom is -0.508 e. The van der Waals surface area contributed by atoms with Gasteiger partial charge in [0.2, 0.25) is 0 Å². The maximum Gasteiger partial charge on any atom is 0.254 e. The van der Waals surface area contributed by atoms with Crippen LogP contribution in [0.1, 0.15) is 24.2 Å². The molecule has 1 aromatic rings. The molecule has 0 bridgehead atoms. The number of rotatable bonds is 4. The monoisotopic (exact) mass is 240 g/mol. The Kier molecular flexibility index (Phi) is 4.07. The minimum atomic E-state index is -0.743. The van der Waals surface area contributed by atoms with Crippen molar-refractivity contribution in [1.82, 2.24) is 5.32 Å². The highest BCUT2D eigenvalue weighted by atomic mass is 19.1. The lowest BCUT2D eigenvalue weighted by Gasteiger charge is -2.22. The fraction of sp³-hybridized carbons (Fsp3) is 0.417. The molecule has 0 saturated heterocycles. The van der Waals surface area contributed by atoms with Crippen LogP contribution < -0.4 is 11.1 Å². The summed E-state index contributed by atoms with van der Waals surface area (Å²) in [4.78, 5) is 11.7. The van der Waals surface area contributed by atoms with E-state index in [1.54, 1.807) is 0 Å². The molecule has 0 aliphatic heterocycles. The smallest absolute Gasteiger partial charge is 0.254 e. The molecule has 17 heavy (non-hydrogen) atoms.